The van der Waals surface area contributed by atoms with Crippen LogP contribution >= 0.6 is 11.6 Å². The Kier molecular flexibility index (Phi) is 4.81. The zero-order valence-corrected chi connectivity index (χ0v) is 10.6. The van der Waals surface area contributed by atoms with Crippen molar-refractivity contribution >= 4 is 11.6 Å². The highest BCUT2D eigenvalue weighted by Gasteiger charge is 2.40. The summed E-state index contributed by atoms with van der Waals surface area (Å²) < 4.78 is 79.4. The van der Waals surface area contributed by atoms with Crippen molar-refractivity contribution in [1.82, 2.24) is 0 Å². The summed E-state index contributed by atoms with van der Waals surface area (Å²) in [5, 5.41) is 0. The molecule has 0 aromatic carbocycles. The van der Waals surface area contributed by atoms with Crippen molar-refractivity contribution < 1.29 is 31.1 Å². The molecule has 1 aliphatic rings. The van der Waals surface area contributed by atoms with Crippen LogP contribution in [0.2, 0.25) is 0 Å². The zero-order valence-electron chi connectivity index (χ0n) is 9.83. The van der Waals surface area contributed by atoms with Crippen molar-refractivity contribution in [2.45, 2.75) is 38.2 Å². The number of alkyl halides is 7. The van der Waals surface area contributed by atoms with Crippen LogP contribution in [0, 0.1) is 0 Å². The lowest BCUT2D eigenvalue weighted by atomic mass is 9.97. The van der Waals surface area contributed by atoms with Crippen LogP contribution in [-0.4, -0.2) is 24.3 Å². The molecule has 0 bridgehead atoms. The second kappa shape index (κ2) is 5.64. The van der Waals surface area contributed by atoms with Gasteiger partial charge in [-0.25, -0.2) is 0 Å². The Bertz CT molecular complexity index is 393. The van der Waals surface area contributed by atoms with E-state index in [1.54, 1.807) is 0 Å². The summed E-state index contributed by atoms with van der Waals surface area (Å²) in [6.07, 6.45) is -10.9. The topological polar surface area (TPSA) is 9.23 Å². The molecule has 110 valence electrons. The zero-order chi connectivity index (χ0) is 14.8. The number of ether oxygens (including phenoxy) is 1. The Balaban J connectivity index is 2.95. The lowest BCUT2D eigenvalue weighted by Crippen LogP contribution is -2.29. The highest BCUT2D eigenvalue weighted by Crippen LogP contribution is 2.37. The van der Waals surface area contributed by atoms with Gasteiger partial charge >= 0.3 is 12.4 Å². The van der Waals surface area contributed by atoms with E-state index in [4.69, 9.17) is 11.6 Å². The largest absolute Gasteiger partial charge is 0.486 e. The quantitative estimate of drug-likeness (QED) is 0.541. The third kappa shape index (κ3) is 4.33. The molecule has 0 aromatic heterocycles. The van der Waals surface area contributed by atoms with Gasteiger partial charge in [0.25, 0.3) is 0 Å². The lowest BCUT2D eigenvalue weighted by molar-refractivity contribution is -0.204. The summed E-state index contributed by atoms with van der Waals surface area (Å²) in [4.78, 5) is 0. The van der Waals surface area contributed by atoms with Gasteiger partial charge in [-0.3, -0.25) is 0 Å². The summed E-state index contributed by atoms with van der Waals surface area (Å²) in [5.41, 5.74) is -1.06. The van der Waals surface area contributed by atoms with E-state index in [9.17, 15) is 26.3 Å². The molecule has 0 heterocycles. The van der Waals surface area contributed by atoms with Crippen molar-refractivity contribution in [3.05, 3.63) is 23.0 Å². The number of hydrogen-bond acceptors (Lipinski definition) is 1. The Morgan fingerprint density at radius 3 is 2.21 bits per heavy atom. The fraction of sp³-hybridized carbons (Fsp3) is 0.636. The minimum absolute atomic E-state index is 0.0257. The van der Waals surface area contributed by atoms with Gasteiger partial charge in [0.2, 0.25) is 0 Å². The molecule has 0 aliphatic heterocycles. The number of hydrogen-bond donors (Lipinski definition) is 0. The van der Waals surface area contributed by atoms with E-state index < -0.39 is 24.0 Å². The first-order chi connectivity index (χ1) is 8.55. The fourth-order valence-electron chi connectivity index (χ4n) is 1.55. The average Bonchev–Trinajstić information content (AvgIpc) is 2.26. The van der Waals surface area contributed by atoms with Gasteiger partial charge in [0.05, 0.1) is 11.3 Å². The molecule has 0 fully saturated rings. The second-order valence-corrected chi connectivity index (χ2v) is 4.33. The van der Waals surface area contributed by atoms with Gasteiger partial charge in [-0.2, -0.15) is 26.3 Å². The molecular weight excluding hydrogens is 298 g/mol. The Morgan fingerprint density at radius 2 is 1.79 bits per heavy atom. The van der Waals surface area contributed by atoms with Crippen molar-refractivity contribution in [1.29, 1.82) is 0 Å². The molecule has 0 aromatic rings. The first-order valence-corrected chi connectivity index (χ1v) is 5.88. The van der Waals surface area contributed by atoms with E-state index in [2.05, 4.69) is 4.74 Å². The maximum absolute atomic E-state index is 12.7. The molecule has 0 saturated heterocycles. The average molecular weight is 309 g/mol. The van der Waals surface area contributed by atoms with E-state index in [0.717, 1.165) is 6.92 Å². The van der Waals surface area contributed by atoms with E-state index in [1.807, 2.05) is 0 Å². The van der Waals surface area contributed by atoms with E-state index in [1.165, 1.54) is 0 Å². The first-order valence-electron chi connectivity index (χ1n) is 5.35. The Labute approximate surface area is 110 Å². The van der Waals surface area contributed by atoms with E-state index >= 15 is 0 Å². The van der Waals surface area contributed by atoms with Crippen LogP contribution in [0.15, 0.2) is 23.0 Å². The van der Waals surface area contributed by atoms with Crippen LogP contribution in [-0.2, 0) is 4.74 Å². The molecule has 0 N–H and O–H groups in total. The van der Waals surface area contributed by atoms with Gasteiger partial charge < -0.3 is 4.74 Å². The van der Waals surface area contributed by atoms with Crippen LogP contribution in [0.5, 0.6) is 0 Å². The molecule has 19 heavy (non-hydrogen) atoms. The molecule has 0 spiro atoms. The van der Waals surface area contributed by atoms with Crippen LogP contribution in [0.3, 0.4) is 0 Å². The molecule has 8 heteroatoms. The Hall–Kier alpha value is -0.850. The monoisotopic (exact) mass is 308 g/mol. The lowest BCUT2D eigenvalue weighted by Gasteiger charge is -2.24. The number of allylic oxidation sites excluding steroid dienone is 4. The van der Waals surface area contributed by atoms with Crippen molar-refractivity contribution in [3.63, 3.8) is 0 Å². The number of halogens is 7. The molecule has 1 rings (SSSR count). The minimum Gasteiger partial charge on any atom is -0.486 e. The maximum Gasteiger partial charge on any atom is 0.425 e. The van der Waals surface area contributed by atoms with Crippen LogP contribution in [0.1, 0.15) is 19.8 Å². The summed E-state index contributed by atoms with van der Waals surface area (Å²) in [5.74, 6) is -0.640. The predicted molar refractivity (Wildman–Crippen MR) is 57.7 cm³/mol. The normalized spacial score (nSPS) is 19.3. The van der Waals surface area contributed by atoms with Gasteiger partial charge in [0, 0.05) is 12.3 Å². The standard InChI is InChI=1S/C11H11ClF6O/c1-6(10(13,14)15)19-8-3-2-7(5-12)9(4-8)11(16,17)18/h4,6H,2-3,5H2,1H3/t6-/m0/s1. The van der Waals surface area contributed by atoms with Gasteiger partial charge in [-0.05, 0) is 25.0 Å². The predicted octanol–water partition coefficient (Wildman–Crippen LogP) is 4.73. The molecule has 1 atom stereocenters. The highest BCUT2D eigenvalue weighted by molar-refractivity contribution is 6.19. The van der Waals surface area contributed by atoms with Gasteiger partial charge in [-0.15, -0.1) is 11.6 Å². The summed E-state index contributed by atoms with van der Waals surface area (Å²) in [7, 11) is 0. The molecule has 0 radical (unpaired) electrons. The summed E-state index contributed by atoms with van der Waals surface area (Å²) in [6.45, 7) is 0.745. The second-order valence-electron chi connectivity index (χ2n) is 4.06. The molecular formula is C11H11ClF6O. The third-order valence-electron chi connectivity index (χ3n) is 2.62. The van der Waals surface area contributed by atoms with E-state index in [-0.39, 0.29) is 30.1 Å². The molecule has 1 nitrogen and oxygen atoms in total. The van der Waals surface area contributed by atoms with E-state index in [0.29, 0.717) is 6.08 Å². The van der Waals surface area contributed by atoms with Crippen LogP contribution < -0.4 is 0 Å². The van der Waals surface area contributed by atoms with Crippen LogP contribution in [0.25, 0.3) is 0 Å². The van der Waals surface area contributed by atoms with Crippen molar-refractivity contribution in [2.75, 3.05) is 5.88 Å². The third-order valence-corrected chi connectivity index (χ3v) is 2.94. The summed E-state index contributed by atoms with van der Waals surface area (Å²) >= 11 is 5.40. The fourth-order valence-corrected chi connectivity index (χ4v) is 1.83. The maximum atomic E-state index is 12.7. The smallest absolute Gasteiger partial charge is 0.425 e. The molecule has 1 aliphatic carbocycles. The van der Waals surface area contributed by atoms with Gasteiger partial charge in [-0.1, -0.05) is 0 Å². The molecule has 0 saturated carbocycles. The summed E-state index contributed by atoms with van der Waals surface area (Å²) in [6, 6.07) is 0. The molecule has 0 unspecified atom stereocenters. The first kappa shape index (κ1) is 16.2. The highest BCUT2D eigenvalue weighted by atomic mass is 35.5. The van der Waals surface area contributed by atoms with Gasteiger partial charge in [0.15, 0.2) is 6.10 Å². The number of rotatable bonds is 3. The van der Waals surface area contributed by atoms with Crippen molar-refractivity contribution in [2.24, 2.45) is 0 Å². The van der Waals surface area contributed by atoms with Crippen LogP contribution in [0.4, 0.5) is 26.3 Å². The van der Waals surface area contributed by atoms with Crippen molar-refractivity contribution in [3.8, 4) is 0 Å². The SMILES string of the molecule is C[C@H](OC1=CC(C(F)(F)F)=C(CCl)CC1)C(F)(F)F. The minimum atomic E-state index is -4.65. The Morgan fingerprint density at radius 1 is 1.21 bits per heavy atom. The molecule has 0 amide bonds. The van der Waals surface area contributed by atoms with Gasteiger partial charge in [0.1, 0.15) is 0 Å².